The van der Waals surface area contributed by atoms with E-state index in [0.717, 1.165) is 28.0 Å². The number of Topliss-reactive ketones (excluding diaryl/α,β-unsaturated/α-hetero) is 1. The van der Waals surface area contributed by atoms with Gasteiger partial charge in [0, 0.05) is 27.7 Å². The van der Waals surface area contributed by atoms with Gasteiger partial charge in [-0.05, 0) is 91.4 Å². The number of aryl methyl sites for hydroxylation is 2. The number of hydrogen-bond donors (Lipinski definition) is 1. The fourth-order valence-corrected chi connectivity index (χ4v) is 6.03. The predicted octanol–water partition coefficient (Wildman–Crippen LogP) is 8.15. The van der Waals surface area contributed by atoms with Crippen molar-refractivity contribution < 1.29 is 9.53 Å². The van der Waals surface area contributed by atoms with Crippen LogP contribution in [0.15, 0.2) is 77.3 Å². The minimum Gasteiger partial charge on any atom is -0.489 e. The fourth-order valence-electron chi connectivity index (χ4n) is 5.41. The van der Waals surface area contributed by atoms with Crippen molar-refractivity contribution in [2.45, 2.75) is 45.6 Å². The zero-order valence-corrected chi connectivity index (χ0v) is 23.8. The number of carbonyl (C=O) groups excluding carboxylic acids is 1. The molecule has 0 saturated heterocycles. The van der Waals surface area contributed by atoms with Gasteiger partial charge in [0.2, 0.25) is 0 Å². The van der Waals surface area contributed by atoms with Gasteiger partial charge in [0.15, 0.2) is 5.78 Å². The molecule has 1 atom stereocenters. The highest BCUT2D eigenvalue weighted by atomic mass is 35.5. The summed E-state index contributed by atoms with van der Waals surface area (Å²) in [5, 5.41) is 11.9. The van der Waals surface area contributed by atoms with Crippen LogP contribution in [0.3, 0.4) is 0 Å². The Kier molecular flexibility index (Phi) is 7.64. The Hall–Kier alpha value is -3.43. The third-order valence-electron chi connectivity index (χ3n) is 7.31. The lowest BCUT2D eigenvalue weighted by Gasteiger charge is -2.40. The molecule has 0 radical (unpaired) electrons. The molecule has 1 heterocycles. The molecule has 0 spiro atoms. The first kappa shape index (κ1) is 27.1. The van der Waals surface area contributed by atoms with Crippen molar-refractivity contribution in [1.29, 1.82) is 5.26 Å². The largest absolute Gasteiger partial charge is 0.489 e. The van der Waals surface area contributed by atoms with Crippen LogP contribution in [-0.4, -0.2) is 5.78 Å². The maximum Gasteiger partial charge on any atom is 0.161 e. The molecular weight excluding hydrogens is 553 g/mol. The van der Waals surface area contributed by atoms with E-state index in [2.05, 4.69) is 12.1 Å². The highest BCUT2D eigenvalue weighted by Crippen LogP contribution is 2.48. The Morgan fingerprint density at radius 3 is 2.41 bits per heavy atom. The Bertz CT molecular complexity index is 1590. The standard InChI is InChI=1S/C31H26Cl3N3O2/c1-17-12-18(2)23(13-19(17)16-39-22-9-6-20(32)7-10-22)29-24(15-35)31(36)37(26-11-8-21(33)14-25(26)34)27-4-3-5-28(38)30(27)29/h6-14,29H,3-5,16,36H2,1-2H3. The number of rotatable bonds is 5. The Balaban J connectivity index is 1.63. The number of nitriles is 1. The van der Waals surface area contributed by atoms with Crippen LogP contribution in [0.5, 0.6) is 5.75 Å². The SMILES string of the molecule is Cc1cc(C)c(C2C(C#N)=C(N)N(c3ccc(Cl)cc3Cl)C3=C2C(=O)CCC3)cc1COc1ccc(Cl)cc1. The van der Waals surface area contributed by atoms with Gasteiger partial charge < -0.3 is 10.5 Å². The summed E-state index contributed by atoms with van der Waals surface area (Å²) in [6, 6.07) is 18.7. The van der Waals surface area contributed by atoms with Crippen LogP contribution in [-0.2, 0) is 11.4 Å². The molecular formula is C31H26Cl3N3O2. The molecule has 1 aliphatic heterocycles. The van der Waals surface area contributed by atoms with Gasteiger partial charge in [-0.1, -0.05) is 46.9 Å². The zero-order chi connectivity index (χ0) is 27.8. The van der Waals surface area contributed by atoms with Crippen molar-refractivity contribution in [3.63, 3.8) is 0 Å². The summed E-state index contributed by atoms with van der Waals surface area (Å²) in [7, 11) is 0. The van der Waals surface area contributed by atoms with Crippen molar-refractivity contribution in [2.24, 2.45) is 5.73 Å². The predicted molar refractivity (Wildman–Crippen MR) is 156 cm³/mol. The number of halogens is 3. The number of ketones is 1. The van der Waals surface area contributed by atoms with Crippen molar-refractivity contribution in [1.82, 2.24) is 0 Å². The maximum absolute atomic E-state index is 13.6. The summed E-state index contributed by atoms with van der Waals surface area (Å²) in [6.07, 6.45) is 1.73. The summed E-state index contributed by atoms with van der Waals surface area (Å²) in [5.74, 6) is 0.382. The molecule has 5 nitrogen and oxygen atoms in total. The molecule has 0 aromatic heterocycles. The van der Waals surface area contributed by atoms with Crippen LogP contribution in [0.4, 0.5) is 5.69 Å². The molecule has 0 amide bonds. The molecule has 5 rings (SSSR count). The normalized spacial score (nSPS) is 17.3. The molecule has 1 unspecified atom stereocenters. The lowest BCUT2D eigenvalue weighted by molar-refractivity contribution is -0.116. The quantitative estimate of drug-likeness (QED) is 0.330. The van der Waals surface area contributed by atoms with Crippen LogP contribution in [0.2, 0.25) is 15.1 Å². The van der Waals surface area contributed by atoms with Crippen LogP contribution < -0.4 is 15.4 Å². The molecule has 0 bridgehead atoms. The summed E-state index contributed by atoms with van der Waals surface area (Å²) in [5.41, 5.74) is 12.8. The minimum atomic E-state index is -0.588. The van der Waals surface area contributed by atoms with Gasteiger partial charge >= 0.3 is 0 Å². The van der Waals surface area contributed by atoms with Crippen LogP contribution >= 0.6 is 34.8 Å². The second-order valence-corrected chi connectivity index (χ2v) is 11.1. The van der Waals surface area contributed by atoms with E-state index in [1.807, 2.05) is 32.0 Å². The van der Waals surface area contributed by atoms with Crippen LogP contribution in [0.25, 0.3) is 0 Å². The molecule has 3 aromatic carbocycles. The third-order valence-corrected chi connectivity index (χ3v) is 8.10. The van der Waals surface area contributed by atoms with Gasteiger partial charge in [0.25, 0.3) is 0 Å². The number of nitrogens with two attached hydrogens (primary N) is 1. The van der Waals surface area contributed by atoms with Gasteiger partial charge in [-0.25, -0.2) is 0 Å². The first-order valence-corrected chi connectivity index (χ1v) is 13.7. The summed E-state index contributed by atoms with van der Waals surface area (Å²) < 4.78 is 6.04. The van der Waals surface area contributed by atoms with E-state index in [9.17, 15) is 10.1 Å². The van der Waals surface area contributed by atoms with Crippen molar-refractivity contribution in [3.05, 3.63) is 115 Å². The van der Waals surface area contributed by atoms with E-state index in [1.165, 1.54) is 0 Å². The number of allylic oxidation sites excluding steroid dienone is 3. The summed E-state index contributed by atoms with van der Waals surface area (Å²) in [6.45, 7) is 4.34. The average molecular weight is 579 g/mol. The van der Waals surface area contributed by atoms with Crippen LogP contribution in [0, 0.1) is 25.2 Å². The second kappa shape index (κ2) is 11.0. The lowest BCUT2D eigenvalue weighted by Crippen LogP contribution is -2.39. The molecule has 0 fully saturated rings. The fraction of sp³-hybridized carbons (Fsp3) is 0.226. The van der Waals surface area contributed by atoms with E-state index in [0.29, 0.717) is 63.5 Å². The lowest BCUT2D eigenvalue weighted by atomic mass is 9.74. The number of anilines is 1. The highest BCUT2D eigenvalue weighted by molar-refractivity contribution is 6.36. The number of benzene rings is 3. The minimum absolute atomic E-state index is 0.00975. The van der Waals surface area contributed by atoms with Gasteiger partial charge in [0.1, 0.15) is 18.2 Å². The van der Waals surface area contributed by atoms with Crippen LogP contribution in [0.1, 0.15) is 47.4 Å². The molecule has 39 heavy (non-hydrogen) atoms. The Morgan fingerprint density at radius 2 is 1.72 bits per heavy atom. The highest BCUT2D eigenvalue weighted by Gasteiger charge is 2.41. The van der Waals surface area contributed by atoms with E-state index in [1.54, 1.807) is 35.2 Å². The molecule has 2 N–H and O–H groups in total. The number of carbonyl (C=O) groups is 1. The molecule has 198 valence electrons. The van der Waals surface area contributed by atoms with Gasteiger partial charge in [0.05, 0.1) is 28.3 Å². The monoisotopic (exact) mass is 577 g/mol. The molecule has 2 aliphatic rings. The van der Waals surface area contributed by atoms with E-state index >= 15 is 0 Å². The first-order valence-electron chi connectivity index (χ1n) is 12.6. The topological polar surface area (TPSA) is 79.4 Å². The van der Waals surface area contributed by atoms with Crippen molar-refractivity contribution in [3.8, 4) is 11.8 Å². The Labute approximate surface area is 243 Å². The molecule has 3 aromatic rings. The van der Waals surface area contributed by atoms with Gasteiger partial charge in [-0.2, -0.15) is 5.26 Å². The summed E-state index contributed by atoms with van der Waals surface area (Å²) >= 11 is 18.7. The van der Waals surface area contributed by atoms with E-state index in [4.69, 9.17) is 45.3 Å². The molecule has 8 heteroatoms. The van der Waals surface area contributed by atoms with Gasteiger partial charge in [-0.15, -0.1) is 0 Å². The average Bonchev–Trinajstić information content (AvgIpc) is 2.90. The smallest absolute Gasteiger partial charge is 0.161 e. The number of hydrogen-bond acceptors (Lipinski definition) is 5. The van der Waals surface area contributed by atoms with Crippen molar-refractivity contribution >= 4 is 46.3 Å². The summed E-state index contributed by atoms with van der Waals surface area (Å²) in [4.78, 5) is 15.3. The zero-order valence-electron chi connectivity index (χ0n) is 21.5. The Morgan fingerprint density at radius 1 is 1.00 bits per heavy atom. The van der Waals surface area contributed by atoms with E-state index < -0.39 is 5.92 Å². The second-order valence-electron chi connectivity index (χ2n) is 9.79. The molecule has 1 aliphatic carbocycles. The van der Waals surface area contributed by atoms with Crippen molar-refractivity contribution in [2.75, 3.05) is 4.90 Å². The number of nitrogens with zero attached hydrogens (tertiary/aromatic N) is 2. The molecule has 0 saturated carbocycles. The van der Waals surface area contributed by atoms with E-state index in [-0.39, 0.29) is 11.6 Å². The maximum atomic E-state index is 13.6. The third kappa shape index (κ3) is 5.13. The van der Waals surface area contributed by atoms with Gasteiger partial charge in [-0.3, -0.25) is 9.69 Å². The first-order chi connectivity index (χ1) is 18.7. The number of ether oxygens (including phenoxy) is 1.